The molecule has 0 saturated carbocycles. The third-order valence-electron chi connectivity index (χ3n) is 4.87. The van der Waals surface area contributed by atoms with Gasteiger partial charge >= 0.3 is 0 Å². The molecule has 21 heavy (non-hydrogen) atoms. The summed E-state index contributed by atoms with van der Waals surface area (Å²) >= 11 is 0. The molecule has 2 fully saturated rings. The molecule has 3 heterocycles. The smallest absolute Gasteiger partial charge is 0.227 e. The van der Waals surface area contributed by atoms with E-state index in [0.29, 0.717) is 17.9 Å². The molecule has 1 amide bonds. The predicted octanol–water partition coefficient (Wildman–Crippen LogP) is 1.21. The molecule has 116 valence electrons. The van der Waals surface area contributed by atoms with Gasteiger partial charge in [0.2, 0.25) is 5.91 Å². The number of H-pyrrole nitrogens is 1. The van der Waals surface area contributed by atoms with Gasteiger partial charge < -0.3 is 10.2 Å². The molecule has 2 atom stereocenters. The zero-order chi connectivity index (χ0) is 14.8. The van der Waals surface area contributed by atoms with Gasteiger partial charge in [-0.25, -0.2) is 4.98 Å². The van der Waals surface area contributed by atoms with Crippen LogP contribution in [0.4, 0.5) is 0 Å². The Morgan fingerprint density at radius 2 is 2.05 bits per heavy atom. The van der Waals surface area contributed by atoms with Crippen molar-refractivity contribution in [3.8, 4) is 0 Å². The Bertz CT molecular complexity index is 492. The highest BCUT2D eigenvalue weighted by Crippen LogP contribution is 2.28. The van der Waals surface area contributed by atoms with Crippen molar-refractivity contribution in [2.45, 2.75) is 51.5 Å². The zero-order valence-corrected chi connectivity index (χ0v) is 12.9. The monoisotopic (exact) mass is 291 g/mol. The molecule has 2 N–H and O–H groups in total. The summed E-state index contributed by atoms with van der Waals surface area (Å²) < 4.78 is 0. The fraction of sp³-hybridized carbons (Fsp3) is 0.800. The Morgan fingerprint density at radius 3 is 2.67 bits per heavy atom. The number of carbonyl (C=O) groups is 1. The van der Waals surface area contributed by atoms with Gasteiger partial charge in [-0.3, -0.25) is 9.89 Å². The van der Waals surface area contributed by atoms with Gasteiger partial charge in [0.25, 0.3) is 0 Å². The minimum Gasteiger partial charge on any atom is -0.342 e. The Labute approximate surface area is 125 Å². The van der Waals surface area contributed by atoms with Crippen LogP contribution in [0.25, 0.3) is 0 Å². The number of aromatic amines is 1. The Morgan fingerprint density at radius 1 is 1.29 bits per heavy atom. The lowest BCUT2D eigenvalue weighted by atomic mass is 9.89. The van der Waals surface area contributed by atoms with Crippen LogP contribution in [0.3, 0.4) is 0 Å². The molecule has 0 aromatic carbocycles. The van der Waals surface area contributed by atoms with Gasteiger partial charge in [-0.2, -0.15) is 5.10 Å². The first-order valence-corrected chi connectivity index (χ1v) is 8.06. The fourth-order valence-corrected chi connectivity index (χ4v) is 3.52. The number of hydrogen-bond acceptors (Lipinski definition) is 4. The van der Waals surface area contributed by atoms with Crippen LogP contribution in [0.5, 0.6) is 0 Å². The minimum absolute atomic E-state index is 0.154. The second kappa shape index (κ2) is 6.13. The zero-order valence-electron chi connectivity index (χ0n) is 12.9. The van der Waals surface area contributed by atoms with Crippen LogP contribution in [0, 0.1) is 12.8 Å². The lowest BCUT2D eigenvalue weighted by molar-refractivity contribution is -0.138. The van der Waals surface area contributed by atoms with E-state index in [1.807, 2.05) is 11.8 Å². The number of nitrogens with one attached hydrogen (secondary N) is 2. The van der Waals surface area contributed by atoms with E-state index in [9.17, 15) is 4.79 Å². The topological polar surface area (TPSA) is 73.9 Å². The Balaban J connectivity index is 1.56. The quantitative estimate of drug-likeness (QED) is 0.859. The summed E-state index contributed by atoms with van der Waals surface area (Å²) in [5.74, 6) is 2.65. The maximum atomic E-state index is 12.7. The number of likely N-dealkylation sites (tertiary alicyclic amines) is 1. The highest BCUT2D eigenvalue weighted by molar-refractivity contribution is 5.79. The van der Waals surface area contributed by atoms with E-state index < -0.39 is 0 Å². The number of hydrogen-bond donors (Lipinski definition) is 2. The Kier molecular flexibility index (Phi) is 4.24. The van der Waals surface area contributed by atoms with E-state index >= 15 is 0 Å². The molecule has 2 aliphatic heterocycles. The largest absolute Gasteiger partial charge is 0.342 e. The fourth-order valence-electron chi connectivity index (χ4n) is 3.52. The molecule has 0 aliphatic carbocycles. The molecule has 0 radical (unpaired) electrons. The van der Waals surface area contributed by atoms with Crippen LogP contribution in [0.2, 0.25) is 0 Å². The molecule has 3 rings (SSSR count). The second-order valence-corrected chi connectivity index (χ2v) is 6.37. The van der Waals surface area contributed by atoms with Crippen molar-refractivity contribution in [1.82, 2.24) is 25.4 Å². The number of aromatic nitrogens is 3. The highest BCUT2D eigenvalue weighted by atomic mass is 16.2. The van der Waals surface area contributed by atoms with Crippen LogP contribution in [-0.4, -0.2) is 51.7 Å². The Hall–Kier alpha value is -1.43. The van der Waals surface area contributed by atoms with Crippen molar-refractivity contribution in [2.75, 3.05) is 19.6 Å². The van der Waals surface area contributed by atoms with Crippen molar-refractivity contribution in [1.29, 1.82) is 0 Å². The molecule has 0 spiro atoms. The highest BCUT2D eigenvalue weighted by Gasteiger charge is 2.33. The third-order valence-corrected chi connectivity index (χ3v) is 4.87. The summed E-state index contributed by atoms with van der Waals surface area (Å²) in [4.78, 5) is 19.1. The van der Waals surface area contributed by atoms with E-state index in [-0.39, 0.29) is 5.92 Å². The van der Waals surface area contributed by atoms with Gasteiger partial charge in [0.15, 0.2) is 5.82 Å². The first-order valence-electron chi connectivity index (χ1n) is 8.06. The first-order chi connectivity index (χ1) is 10.1. The van der Waals surface area contributed by atoms with Crippen molar-refractivity contribution in [2.24, 2.45) is 5.92 Å². The number of nitrogens with zero attached hydrogens (tertiary/aromatic N) is 3. The normalized spacial score (nSPS) is 27.8. The maximum Gasteiger partial charge on any atom is 0.227 e. The summed E-state index contributed by atoms with van der Waals surface area (Å²) in [6.07, 6.45) is 4.07. The number of carbonyl (C=O) groups excluding carboxylic acids is 1. The molecule has 2 aliphatic rings. The van der Waals surface area contributed by atoms with Gasteiger partial charge in [0.1, 0.15) is 5.82 Å². The molecule has 6 nitrogen and oxygen atoms in total. The number of amides is 1. The maximum absolute atomic E-state index is 12.7. The van der Waals surface area contributed by atoms with Crippen molar-refractivity contribution in [3.05, 3.63) is 11.6 Å². The van der Waals surface area contributed by atoms with Gasteiger partial charge in [-0.15, -0.1) is 0 Å². The van der Waals surface area contributed by atoms with Crippen LogP contribution in [-0.2, 0) is 4.79 Å². The van der Waals surface area contributed by atoms with Gasteiger partial charge in [0, 0.05) is 25.0 Å². The molecular weight excluding hydrogens is 266 g/mol. The average molecular weight is 291 g/mol. The lowest BCUT2D eigenvalue weighted by Gasteiger charge is -2.37. The standard InChI is InChI=1S/C15H25N5O/c1-10-13(4-3-7-16-10)15(21)20-8-5-12(6-9-20)14-17-11(2)18-19-14/h10,12-13,16H,3-9H2,1-2H3,(H,17,18,19)/t10-,13-/m1/s1. The molecule has 1 aromatic heterocycles. The number of rotatable bonds is 2. The van der Waals surface area contributed by atoms with E-state index in [2.05, 4.69) is 27.4 Å². The van der Waals surface area contributed by atoms with Crippen LogP contribution in [0.1, 0.15) is 50.2 Å². The lowest BCUT2D eigenvalue weighted by Crippen LogP contribution is -2.49. The summed E-state index contributed by atoms with van der Waals surface area (Å²) in [5.41, 5.74) is 0. The number of aryl methyl sites for hydroxylation is 1. The summed E-state index contributed by atoms with van der Waals surface area (Å²) in [5, 5.41) is 10.6. The van der Waals surface area contributed by atoms with Crippen molar-refractivity contribution in [3.63, 3.8) is 0 Å². The predicted molar refractivity (Wildman–Crippen MR) is 79.9 cm³/mol. The van der Waals surface area contributed by atoms with E-state index in [0.717, 1.165) is 57.0 Å². The van der Waals surface area contributed by atoms with Crippen molar-refractivity contribution >= 4 is 5.91 Å². The van der Waals surface area contributed by atoms with E-state index in [1.54, 1.807) is 0 Å². The van der Waals surface area contributed by atoms with Gasteiger partial charge in [0.05, 0.1) is 5.92 Å². The third kappa shape index (κ3) is 3.10. The summed E-state index contributed by atoms with van der Waals surface area (Å²) in [6.45, 7) is 6.76. The SMILES string of the molecule is Cc1nc(C2CCN(C(=O)[C@@H]3CCCN[C@@H]3C)CC2)n[nH]1. The molecule has 1 aromatic rings. The van der Waals surface area contributed by atoms with Crippen LogP contribution in [0.15, 0.2) is 0 Å². The minimum atomic E-state index is 0.154. The van der Waals surface area contributed by atoms with Crippen LogP contribution < -0.4 is 5.32 Å². The van der Waals surface area contributed by atoms with E-state index in [1.165, 1.54) is 0 Å². The summed E-state index contributed by atoms with van der Waals surface area (Å²) in [6, 6.07) is 0.305. The molecule has 0 bridgehead atoms. The van der Waals surface area contributed by atoms with Gasteiger partial charge in [-0.05, 0) is 46.1 Å². The first kappa shape index (κ1) is 14.5. The van der Waals surface area contributed by atoms with Crippen molar-refractivity contribution < 1.29 is 4.79 Å². The van der Waals surface area contributed by atoms with Crippen LogP contribution >= 0.6 is 0 Å². The molecule has 6 heteroatoms. The number of piperidine rings is 2. The summed E-state index contributed by atoms with van der Waals surface area (Å²) in [7, 11) is 0. The van der Waals surface area contributed by atoms with Gasteiger partial charge in [-0.1, -0.05) is 0 Å². The molecular formula is C15H25N5O. The molecule has 2 saturated heterocycles. The molecule has 0 unspecified atom stereocenters. The van der Waals surface area contributed by atoms with E-state index in [4.69, 9.17) is 0 Å². The second-order valence-electron chi connectivity index (χ2n) is 6.37. The average Bonchev–Trinajstić information content (AvgIpc) is 2.94.